The third kappa shape index (κ3) is 1.94. The molecule has 0 aliphatic rings. The number of methoxy groups -OCH3 is 1. The maximum atomic E-state index is 5.37. The average Bonchev–Trinajstić information content (AvgIpc) is 2.29. The van der Waals surface area contributed by atoms with Crippen molar-refractivity contribution < 1.29 is 4.74 Å². The molecule has 0 heterocycles. The third-order valence-electron chi connectivity index (χ3n) is 2.69. The standard InChI is InChI=1S/C15H15O/c1-11-8-9-13(12(2)10-11)14-6-4-5-7-15(14)16-3/h4-9H,1-3H3. The molecule has 0 aliphatic carbocycles. The van der Waals surface area contributed by atoms with Gasteiger partial charge in [0, 0.05) is 5.56 Å². The summed E-state index contributed by atoms with van der Waals surface area (Å²) in [6, 6.07) is 15.6. The fourth-order valence-corrected chi connectivity index (χ4v) is 1.90. The molecule has 0 unspecified atom stereocenters. The SMILES string of the molecule is COc1ccccc1-c1ccc(C)[c]c1C. The lowest BCUT2D eigenvalue weighted by atomic mass is 9.98. The highest BCUT2D eigenvalue weighted by molar-refractivity contribution is 5.73. The van der Waals surface area contributed by atoms with Gasteiger partial charge in [-0.15, -0.1) is 0 Å². The Balaban J connectivity index is 2.58. The van der Waals surface area contributed by atoms with Gasteiger partial charge in [0.25, 0.3) is 0 Å². The van der Waals surface area contributed by atoms with Gasteiger partial charge in [-0.05, 0) is 42.7 Å². The molecule has 2 aromatic carbocycles. The normalized spacial score (nSPS) is 10.2. The minimum atomic E-state index is 0.905. The molecule has 1 nitrogen and oxygen atoms in total. The van der Waals surface area contributed by atoms with E-state index >= 15 is 0 Å². The number of rotatable bonds is 2. The molecule has 0 aromatic heterocycles. The molecule has 2 aromatic rings. The van der Waals surface area contributed by atoms with Crippen LogP contribution in [0.3, 0.4) is 0 Å². The molecule has 0 fully saturated rings. The lowest BCUT2D eigenvalue weighted by Crippen LogP contribution is -1.90. The maximum absolute atomic E-state index is 5.37. The predicted octanol–water partition coefficient (Wildman–Crippen LogP) is 3.78. The number of para-hydroxylation sites is 1. The summed E-state index contributed by atoms with van der Waals surface area (Å²) >= 11 is 0. The summed E-state index contributed by atoms with van der Waals surface area (Å²) < 4.78 is 5.37. The van der Waals surface area contributed by atoms with Crippen molar-refractivity contribution in [2.45, 2.75) is 13.8 Å². The fourth-order valence-electron chi connectivity index (χ4n) is 1.90. The van der Waals surface area contributed by atoms with Crippen LogP contribution in [-0.4, -0.2) is 7.11 Å². The van der Waals surface area contributed by atoms with Gasteiger partial charge in [0.1, 0.15) is 5.75 Å². The Morgan fingerprint density at radius 1 is 0.938 bits per heavy atom. The second-order valence-electron chi connectivity index (χ2n) is 3.88. The summed E-state index contributed by atoms with van der Waals surface area (Å²) in [5.74, 6) is 0.905. The number of aryl methyl sites for hydroxylation is 2. The smallest absolute Gasteiger partial charge is 0.126 e. The lowest BCUT2D eigenvalue weighted by Gasteiger charge is -2.11. The van der Waals surface area contributed by atoms with E-state index in [1.807, 2.05) is 18.2 Å². The quantitative estimate of drug-likeness (QED) is 0.734. The first-order valence-corrected chi connectivity index (χ1v) is 5.35. The van der Waals surface area contributed by atoms with Crippen LogP contribution in [-0.2, 0) is 0 Å². The van der Waals surface area contributed by atoms with Crippen LogP contribution >= 0.6 is 0 Å². The average molecular weight is 211 g/mol. The first-order chi connectivity index (χ1) is 7.72. The zero-order chi connectivity index (χ0) is 11.5. The zero-order valence-electron chi connectivity index (χ0n) is 9.87. The highest BCUT2D eigenvalue weighted by Crippen LogP contribution is 2.31. The van der Waals surface area contributed by atoms with Crippen molar-refractivity contribution in [3.05, 3.63) is 53.6 Å². The van der Waals surface area contributed by atoms with Gasteiger partial charge in [-0.1, -0.05) is 30.3 Å². The number of hydrogen-bond donors (Lipinski definition) is 0. The van der Waals surface area contributed by atoms with E-state index in [1.54, 1.807) is 7.11 Å². The molecule has 0 saturated heterocycles. The van der Waals surface area contributed by atoms with E-state index in [-0.39, 0.29) is 0 Å². The van der Waals surface area contributed by atoms with Crippen LogP contribution in [0.2, 0.25) is 0 Å². The van der Waals surface area contributed by atoms with E-state index in [1.165, 1.54) is 5.56 Å². The molecular weight excluding hydrogens is 196 g/mol. The molecule has 2 rings (SSSR count). The Bertz CT molecular complexity index is 501. The van der Waals surface area contributed by atoms with Crippen molar-refractivity contribution in [1.29, 1.82) is 0 Å². The number of ether oxygens (including phenoxy) is 1. The first-order valence-electron chi connectivity index (χ1n) is 5.35. The van der Waals surface area contributed by atoms with Crippen LogP contribution in [0.4, 0.5) is 0 Å². The van der Waals surface area contributed by atoms with E-state index in [9.17, 15) is 0 Å². The highest BCUT2D eigenvalue weighted by Gasteiger charge is 2.07. The minimum absolute atomic E-state index is 0.905. The van der Waals surface area contributed by atoms with E-state index in [2.05, 4.69) is 38.1 Å². The van der Waals surface area contributed by atoms with Crippen molar-refractivity contribution in [3.63, 3.8) is 0 Å². The van der Waals surface area contributed by atoms with Crippen molar-refractivity contribution in [2.75, 3.05) is 7.11 Å². The molecule has 0 atom stereocenters. The Kier molecular flexibility index (Phi) is 2.95. The largest absolute Gasteiger partial charge is 0.496 e. The van der Waals surface area contributed by atoms with Gasteiger partial charge in [-0.2, -0.15) is 0 Å². The van der Waals surface area contributed by atoms with Gasteiger partial charge in [0.15, 0.2) is 0 Å². The molecule has 0 aliphatic heterocycles. The van der Waals surface area contributed by atoms with Gasteiger partial charge in [0.05, 0.1) is 7.11 Å². The summed E-state index contributed by atoms with van der Waals surface area (Å²) in [7, 11) is 1.70. The van der Waals surface area contributed by atoms with Crippen LogP contribution in [0.5, 0.6) is 5.75 Å². The van der Waals surface area contributed by atoms with Crippen LogP contribution in [0.1, 0.15) is 11.1 Å². The summed E-state index contributed by atoms with van der Waals surface area (Å²) in [4.78, 5) is 0. The Labute approximate surface area is 96.7 Å². The molecule has 0 bridgehead atoms. The van der Waals surface area contributed by atoms with Crippen molar-refractivity contribution in [1.82, 2.24) is 0 Å². The molecule has 0 saturated carbocycles. The fraction of sp³-hybridized carbons (Fsp3) is 0.200. The van der Waals surface area contributed by atoms with Crippen LogP contribution < -0.4 is 4.74 Å². The molecule has 0 N–H and O–H groups in total. The molecule has 0 amide bonds. The highest BCUT2D eigenvalue weighted by atomic mass is 16.5. The zero-order valence-corrected chi connectivity index (χ0v) is 9.87. The van der Waals surface area contributed by atoms with Crippen molar-refractivity contribution in [3.8, 4) is 16.9 Å². The monoisotopic (exact) mass is 211 g/mol. The predicted molar refractivity (Wildman–Crippen MR) is 66.7 cm³/mol. The third-order valence-corrected chi connectivity index (χ3v) is 2.69. The first kappa shape index (κ1) is 10.7. The Hall–Kier alpha value is -1.76. The molecular formula is C15H15O. The van der Waals surface area contributed by atoms with Gasteiger partial charge < -0.3 is 4.74 Å². The Morgan fingerprint density at radius 3 is 2.38 bits per heavy atom. The van der Waals surface area contributed by atoms with Crippen molar-refractivity contribution in [2.24, 2.45) is 0 Å². The number of hydrogen-bond acceptors (Lipinski definition) is 1. The molecule has 1 heteroatoms. The minimum Gasteiger partial charge on any atom is -0.496 e. The van der Waals surface area contributed by atoms with E-state index in [0.717, 1.165) is 22.4 Å². The molecule has 1 radical (unpaired) electrons. The van der Waals surface area contributed by atoms with Gasteiger partial charge >= 0.3 is 0 Å². The van der Waals surface area contributed by atoms with Gasteiger partial charge in [0.2, 0.25) is 0 Å². The van der Waals surface area contributed by atoms with E-state index in [0.29, 0.717) is 0 Å². The topological polar surface area (TPSA) is 9.23 Å². The summed E-state index contributed by atoms with van der Waals surface area (Å²) in [5.41, 5.74) is 4.63. The molecule has 16 heavy (non-hydrogen) atoms. The summed E-state index contributed by atoms with van der Waals surface area (Å²) in [5, 5.41) is 0. The second-order valence-corrected chi connectivity index (χ2v) is 3.88. The van der Waals surface area contributed by atoms with Crippen LogP contribution in [0.15, 0.2) is 36.4 Å². The number of benzene rings is 2. The van der Waals surface area contributed by atoms with Crippen LogP contribution in [0.25, 0.3) is 11.1 Å². The summed E-state index contributed by atoms with van der Waals surface area (Å²) in [6.07, 6.45) is 0. The second kappa shape index (κ2) is 4.40. The molecule has 81 valence electrons. The van der Waals surface area contributed by atoms with Crippen molar-refractivity contribution >= 4 is 0 Å². The maximum Gasteiger partial charge on any atom is 0.126 e. The van der Waals surface area contributed by atoms with Crippen LogP contribution in [0, 0.1) is 19.9 Å². The Morgan fingerprint density at radius 2 is 1.69 bits per heavy atom. The summed E-state index contributed by atoms with van der Waals surface area (Å²) in [6.45, 7) is 4.13. The van der Waals surface area contributed by atoms with Gasteiger partial charge in [-0.3, -0.25) is 0 Å². The lowest BCUT2D eigenvalue weighted by molar-refractivity contribution is 0.416. The van der Waals surface area contributed by atoms with Gasteiger partial charge in [-0.25, -0.2) is 0 Å². The van der Waals surface area contributed by atoms with E-state index in [4.69, 9.17) is 4.74 Å². The van der Waals surface area contributed by atoms with E-state index < -0.39 is 0 Å². The molecule has 0 spiro atoms.